The Labute approximate surface area is 98.2 Å². The van der Waals surface area contributed by atoms with Gasteiger partial charge in [-0.05, 0) is 25.8 Å². The third kappa shape index (κ3) is 4.62. The fourth-order valence-corrected chi connectivity index (χ4v) is 1.52. The molecule has 90 valence electrons. The topological polar surface area (TPSA) is 34.1 Å². The van der Waals surface area contributed by atoms with Gasteiger partial charge in [-0.15, -0.1) is 0 Å². The van der Waals surface area contributed by atoms with Crippen LogP contribution in [0.5, 0.6) is 5.75 Å². The SMILES string of the molecule is COc1cc(C)nc(CNCCC(C)C)c1. The average Bonchev–Trinajstić information content (AvgIpc) is 2.23. The van der Waals surface area contributed by atoms with Gasteiger partial charge in [0.2, 0.25) is 0 Å². The van der Waals surface area contributed by atoms with Crippen LogP contribution in [-0.2, 0) is 6.54 Å². The summed E-state index contributed by atoms with van der Waals surface area (Å²) in [7, 11) is 1.69. The summed E-state index contributed by atoms with van der Waals surface area (Å²) in [5, 5.41) is 3.39. The second-order valence-electron chi connectivity index (χ2n) is 4.50. The van der Waals surface area contributed by atoms with Crippen molar-refractivity contribution in [2.75, 3.05) is 13.7 Å². The zero-order valence-corrected chi connectivity index (χ0v) is 10.7. The number of nitrogens with zero attached hydrogens (tertiary/aromatic N) is 1. The van der Waals surface area contributed by atoms with Gasteiger partial charge in [0.25, 0.3) is 0 Å². The van der Waals surface area contributed by atoms with Crippen molar-refractivity contribution >= 4 is 0 Å². The molecule has 1 heterocycles. The molecule has 1 aromatic rings. The van der Waals surface area contributed by atoms with E-state index in [0.717, 1.165) is 36.1 Å². The van der Waals surface area contributed by atoms with Gasteiger partial charge >= 0.3 is 0 Å². The van der Waals surface area contributed by atoms with Gasteiger partial charge in [0.15, 0.2) is 0 Å². The van der Waals surface area contributed by atoms with Crippen molar-refractivity contribution in [2.45, 2.75) is 33.7 Å². The third-order valence-corrected chi connectivity index (χ3v) is 2.42. The minimum Gasteiger partial charge on any atom is -0.497 e. The van der Waals surface area contributed by atoms with Crippen molar-refractivity contribution in [3.8, 4) is 5.75 Å². The van der Waals surface area contributed by atoms with E-state index in [1.165, 1.54) is 6.42 Å². The van der Waals surface area contributed by atoms with Crippen LogP contribution in [0, 0.1) is 12.8 Å². The zero-order valence-electron chi connectivity index (χ0n) is 10.7. The van der Waals surface area contributed by atoms with Gasteiger partial charge in [-0.25, -0.2) is 0 Å². The number of aryl methyl sites for hydroxylation is 1. The van der Waals surface area contributed by atoms with Crippen molar-refractivity contribution in [2.24, 2.45) is 5.92 Å². The molecule has 0 fully saturated rings. The number of pyridine rings is 1. The molecule has 1 rings (SSSR count). The molecule has 0 unspecified atom stereocenters. The van der Waals surface area contributed by atoms with Crippen molar-refractivity contribution in [1.29, 1.82) is 0 Å². The smallest absolute Gasteiger partial charge is 0.122 e. The first kappa shape index (κ1) is 13.0. The first-order valence-electron chi connectivity index (χ1n) is 5.84. The number of rotatable bonds is 6. The van der Waals surface area contributed by atoms with Crippen molar-refractivity contribution in [1.82, 2.24) is 10.3 Å². The predicted octanol–water partition coefficient (Wildman–Crippen LogP) is 2.53. The summed E-state index contributed by atoms with van der Waals surface area (Å²) in [6, 6.07) is 3.92. The third-order valence-electron chi connectivity index (χ3n) is 2.42. The number of nitrogens with one attached hydrogen (secondary N) is 1. The van der Waals surface area contributed by atoms with Gasteiger partial charge in [0.1, 0.15) is 5.75 Å². The molecule has 0 saturated carbocycles. The number of hydrogen-bond donors (Lipinski definition) is 1. The largest absolute Gasteiger partial charge is 0.497 e. The summed E-state index contributed by atoms with van der Waals surface area (Å²) in [6.45, 7) is 8.30. The molecule has 0 bridgehead atoms. The average molecular weight is 222 g/mol. The van der Waals surface area contributed by atoms with Gasteiger partial charge in [-0.1, -0.05) is 13.8 Å². The molecule has 0 aromatic carbocycles. The van der Waals surface area contributed by atoms with Crippen LogP contribution in [0.15, 0.2) is 12.1 Å². The molecule has 0 atom stereocenters. The molecule has 1 aromatic heterocycles. The highest BCUT2D eigenvalue weighted by Gasteiger charge is 2.00. The van der Waals surface area contributed by atoms with E-state index >= 15 is 0 Å². The maximum atomic E-state index is 5.21. The van der Waals surface area contributed by atoms with Gasteiger partial charge in [0.05, 0.1) is 12.8 Å². The molecular weight excluding hydrogens is 200 g/mol. The Bertz CT molecular complexity index is 324. The molecule has 0 aliphatic heterocycles. The molecule has 0 spiro atoms. The molecule has 0 amide bonds. The van der Waals surface area contributed by atoms with Crippen LogP contribution in [0.3, 0.4) is 0 Å². The van der Waals surface area contributed by atoms with Crippen LogP contribution in [0.1, 0.15) is 31.7 Å². The van der Waals surface area contributed by atoms with Gasteiger partial charge in [-0.2, -0.15) is 0 Å². The lowest BCUT2D eigenvalue weighted by Crippen LogP contribution is -2.17. The zero-order chi connectivity index (χ0) is 12.0. The van der Waals surface area contributed by atoms with E-state index in [4.69, 9.17) is 4.74 Å². The van der Waals surface area contributed by atoms with E-state index in [1.54, 1.807) is 7.11 Å². The molecule has 0 radical (unpaired) electrons. The molecule has 16 heavy (non-hydrogen) atoms. The van der Waals surface area contributed by atoms with E-state index < -0.39 is 0 Å². The van der Waals surface area contributed by atoms with Crippen LogP contribution in [-0.4, -0.2) is 18.6 Å². The second kappa shape index (κ2) is 6.48. The highest BCUT2D eigenvalue weighted by atomic mass is 16.5. The Hall–Kier alpha value is -1.09. The van der Waals surface area contributed by atoms with Gasteiger partial charge in [0, 0.05) is 24.4 Å². The molecule has 3 nitrogen and oxygen atoms in total. The Morgan fingerprint density at radius 2 is 2.12 bits per heavy atom. The monoisotopic (exact) mass is 222 g/mol. The lowest BCUT2D eigenvalue weighted by atomic mass is 10.1. The molecule has 3 heteroatoms. The van der Waals surface area contributed by atoms with Crippen LogP contribution < -0.4 is 10.1 Å². The number of aromatic nitrogens is 1. The van der Waals surface area contributed by atoms with E-state index in [1.807, 2.05) is 19.1 Å². The maximum absolute atomic E-state index is 5.21. The number of ether oxygens (including phenoxy) is 1. The maximum Gasteiger partial charge on any atom is 0.122 e. The van der Waals surface area contributed by atoms with Gasteiger partial charge in [-0.3, -0.25) is 4.98 Å². The summed E-state index contributed by atoms with van der Waals surface area (Å²) in [6.07, 6.45) is 1.20. The minimum absolute atomic E-state index is 0.743. The Morgan fingerprint density at radius 3 is 2.75 bits per heavy atom. The standard InChI is InChI=1S/C13H22N2O/c1-10(2)5-6-14-9-12-8-13(16-4)7-11(3)15-12/h7-8,10,14H,5-6,9H2,1-4H3. The first-order chi connectivity index (χ1) is 7.61. The summed E-state index contributed by atoms with van der Waals surface area (Å²) < 4.78 is 5.21. The van der Waals surface area contributed by atoms with Crippen molar-refractivity contribution in [3.05, 3.63) is 23.5 Å². The van der Waals surface area contributed by atoms with E-state index in [0.29, 0.717) is 0 Å². The normalized spacial score (nSPS) is 10.8. The fraction of sp³-hybridized carbons (Fsp3) is 0.615. The first-order valence-corrected chi connectivity index (χ1v) is 5.84. The number of methoxy groups -OCH3 is 1. The van der Waals surface area contributed by atoms with Crippen molar-refractivity contribution in [3.63, 3.8) is 0 Å². The Balaban J connectivity index is 2.44. The lowest BCUT2D eigenvalue weighted by Gasteiger charge is -2.08. The molecule has 1 N–H and O–H groups in total. The quantitative estimate of drug-likeness (QED) is 0.751. The van der Waals surface area contributed by atoms with Crippen LogP contribution in [0.4, 0.5) is 0 Å². The summed E-state index contributed by atoms with van der Waals surface area (Å²) in [5.74, 6) is 1.63. The summed E-state index contributed by atoms with van der Waals surface area (Å²) in [4.78, 5) is 4.46. The second-order valence-corrected chi connectivity index (χ2v) is 4.50. The summed E-state index contributed by atoms with van der Waals surface area (Å²) >= 11 is 0. The van der Waals surface area contributed by atoms with E-state index in [9.17, 15) is 0 Å². The molecule has 0 saturated heterocycles. The predicted molar refractivity (Wildman–Crippen MR) is 66.7 cm³/mol. The fourth-order valence-electron chi connectivity index (χ4n) is 1.52. The highest BCUT2D eigenvalue weighted by molar-refractivity contribution is 5.26. The van der Waals surface area contributed by atoms with Gasteiger partial charge < -0.3 is 10.1 Å². The van der Waals surface area contributed by atoms with E-state index in [-0.39, 0.29) is 0 Å². The van der Waals surface area contributed by atoms with Crippen LogP contribution in [0.25, 0.3) is 0 Å². The van der Waals surface area contributed by atoms with Crippen molar-refractivity contribution < 1.29 is 4.74 Å². The van der Waals surface area contributed by atoms with Crippen LogP contribution >= 0.6 is 0 Å². The molecule has 0 aliphatic carbocycles. The molecule has 0 aliphatic rings. The van der Waals surface area contributed by atoms with E-state index in [2.05, 4.69) is 24.1 Å². The molecular formula is C13H22N2O. The summed E-state index contributed by atoms with van der Waals surface area (Å²) in [5.41, 5.74) is 2.04. The lowest BCUT2D eigenvalue weighted by molar-refractivity contribution is 0.412. The minimum atomic E-state index is 0.743. The Kier molecular flexibility index (Phi) is 5.26. The Morgan fingerprint density at radius 1 is 1.38 bits per heavy atom. The van der Waals surface area contributed by atoms with Crippen LogP contribution in [0.2, 0.25) is 0 Å². The highest BCUT2D eigenvalue weighted by Crippen LogP contribution is 2.13. The number of hydrogen-bond acceptors (Lipinski definition) is 3.